The first-order chi connectivity index (χ1) is 9.15. The van der Waals surface area contributed by atoms with E-state index in [1.165, 1.54) is 12.1 Å². The maximum atomic E-state index is 14.3. The molecule has 1 aromatic rings. The van der Waals surface area contributed by atoms with Gasteiger partial charge in [-0.3, -0.25) is 4.90 Å². The Labute approximate surface area is 126 Å². The quantitative estimate of drug-likeness (QED) is 0.916. The molecule has 2 rings (SSSR count). The summed E-state index contributed by atoms with van der Waals surface area (Å²) >= 11 is 0. The molecule has 1 fully saturated rings. The molecule has 0 spiro atoms. The number of hydrogen-bond acceptors (Lipinski definition) is 2. The normalized spacial score (nSPS) is 17.6. The van der Waals surface area contributed by atoms with Crippen LogP contribution in [0.2, 0.25) is 0 Å². The zero-order chi connectivity index (χ0) is 13.8. The Morgan fingerprint density at radius 2 is 1.90 bits per heavy atom. The highest BCUT2D eigenvalue weighted by molar-refractivity contribution is 5.85. The lowest BCUT2D eigenvalue weighted by Gasteiger charge is -2.35. The third kappa shape index (κ3) is 3.68. The molecule has 0 aliphatic carbocycles. The number of hydrogen-bond donors (Lipinski definition) is 1. The summed E-state index contributed by atoms with van der Waals surface area (Å²) < 4.78 is 28.4. The lowest BCUT2D eigenvalue weighted by atomic mass is 9.97. The second-order valence-corrected chi connectivity index (χ2v) is 5.18. The van der Waals surface area contributed by atoms with Crippen molar-refractivity contribution >= 4 is 12.4 Å². The highest BCUT2D eigenvalue weighted by Crippen LogP contribution is 2.31. The molecule has 0 aromatic heterocycles. The van der Waals surface area contributed by atoms with Crippen LogP contribution < -0.4 is 5.32 Å². The van der Waals surface area contributed by atoms with E-state index in [4.69, 9.17) is 0 Å². The molecule has 0 amide bonds. The summed E-state index contributed by atoms with van der Waals surface area (Å²) in [6.07, 6.45) is 1.71. The van der Waals surface area contributed by atoms with E-state index in [0.717, 1.165) is 39.0 Å². The summed E-state index contributed by atoms with van der Waals surface area (Å²) in [5.74, 6) is -0.794. The van der Waals surface area contributed by atoms with Crippen LogP contribution in [0.1, 0.15) is 36.9 Å². The van der Waals surface area contributed by atoms with Gasteiger partial charge in [0.25, 0.3) is 0 Å². The van der Waals surface area contributed by atoms with Gasteiger partial charge in [-0.1, -0.05) is 19.4 Å². The fourth-order valence-corrected chi connectivity index (χ4v) is 2.76. The minimum atomic E-state index is -0.417. The molecule has 114 valence electrons. The van der Waals surface area contributed by atoms with Gasteiger partial charge >= 0.3 is 0 Å². The van der Waals surface area contributed by atoms with Crippen LogP contribution in [0.25, 0.3) is 0 Å². The van der Waals surface area contributed by atoms with Gasteiger partial charge in [0.2, 0.25) is 0 Å². The van der Waals surface area contributed by atoms with Crippen LogP contribution in [0.5, 0.6) is 0 Å². The van der Waals surface area contributed by atoms with Crippen LogP contribution in [0, 0.1) is 18.6 Å². The van der Waals surface area contributed by atoms with Crippen LogP contribution in [0.4, 0.5) is 8.78 Å². The Morgan fingerprint density at radius 1 is 1.25 bits per heavy atom. The topological polar surface area (TPSA) is 15.3 Å². The summed E-state index contributed by atoms with van der Waals surface area (Å²) in [6, 6.07) is 2.75. The Morgan fingerprint density at radius 3 is 2.50 bits per heavy atom. The van der Waals surface area contributed by atoms with Gasteiger partial charge in [-0.05, 0) is 25.0 Å². The summed E-state index contributed by atoms with van der Waals surface area (Å²) in [6.45, 7) is 7.21. The average molecular weight is 305 g/mol. The highest BCUT2D eigenvalue weighted by Gasteiger charge is 2.27. The van der Waals surface area contributed by atoms with Crippen LogP contribution in [0.3, 0.4) is 0 Å². The van der Waals surface area contributed by atoms with Crippen molar-refractivity contribution in [1.29, 1.82) is 0 Å². The molecule has 1 atom stereocenters. The third-order valence-corrected chi connectivity index (χ3v) is 3.81. The monoisotopic (exact) mass is 304 g/mol. The summed E-state index contributed by atoms with van der Waals surface area (Å²) in [7, 11) is 0. The molecule has 0 radical (unpaired) electrons. The standard InChI is InChI=1S/C15H22F2N2.ClH/c1-3-4-13(19-9-7-18-8-10-19)14-12(16)6-5-11(2)15(14)17;/h5-6,13,18H,3-4,7-10H2,1-2H3;1H/t13-;/m1./s1. The zero-order valence-corrected chi connectivity index (χ0v) is 12.9. The summed E-state index contributed by atoms with van der Waals surface area (Å²) in [5, 5.41) is 3.27. The largest absolute Gasteiger partial charge is 0.314 e. The fourth-order valence-electron chi connectivity index (χ4n) is 2.76. The molecular weight excluding hydrogens is 282 g/mol. The number of halogens is 3. The Kier molecular flexibility index (Phi) is 6.86. The summed E-state index contributed by atoms with van der Waals surface area (Å²) in [5.41, 5.74) is 0.774. The minimum absolute atomic E-state index is 0. The van der Waals surface area contributed by atoms with E-state index in [1.54, 1.807) is 6.92 Å². The van der Waals surface area contributed by atoms with Crippen molar-refractivity contribution in [2.24, 2.45) is 0 Å². The van der Waals surface area contributed by atoms with Gasteiger partial charge in [0.1, 0.15) is 11.6 Å². The number of rotatable bonds is 4. The van der Waals surface area contributed by atoms with Crippen LogP contribution >= 0.6 is 12.4 Å². The van der Waals surface area contributed by atoms with Crippen molar-refractivity contribution in [2.75, 3.05) is 26.2 Å². The molecule has 1 aromatic carbocycles. The van der Waals surface area contributed by atoms with Gasteiger partial charge in [0, 0.05) is 37.8 Å². The number of benzene rings is 1. The van der Waals surface area contributed by atoms with Crippen molar-refractivity contribution in [3.05, 3.63) is 34.9 Å². The van der Waals surface area contributed by atoms with Gasteiger partial charge in [-0.25, -0.2) is 8.78 Å². The lowest BCUT2D eigenvalue weighted by Crippen LogP contribution is -2.45. The van der Waals surface area contributed by atoms with Gasteiger partial charge in [-0.2, -0.15) is 0 Å². The molecule has 0 bridgehead atoms. The van der Waals surface area contributed by atoms with Crippen molar-refractivity contribution in [1.82, 2.24) is 10.2 Å². The van der Waals surface area contributed by atoms with Crippen LogP contribution in [-0.4, -0.2) is 31.1 Å². The van der Waals surface area contributed by atoms with E-state index in [9.17, 15) is 8.78 Å². The number of nitrogens with zero attached hydrogens (tertiary/aromatic N) is 1. The molecule has 20 heavy (non-hydrogen) atoms. The lowest BCUT2D eigenvalue weighted by molar-refractivity contribution is 0.158. The van der Waals surface area contributed by atoms with Crippen molar-refractivity contribution in [3.63, 3.8) is 0 Å². The fraction of sp³-hybridized carbons (Fsp3) is 0.600. The molecule has 1 aliphatic rings. The SMILES string of the molecule is CCC[C@H](c1c(F)ccc(C)c1F)N1CCNCC1.Cl. The number of nitrogens with one attached hydrogen (secondary N) is 1. The molecule has 2 nitrogen and oxygen atoms in total. The maximum Gasteiger partial charge on any atom is 0.133 e. The molecule has 0 unspecified atom stereocenters. The molecule has 0 saturated carbocycles. The van der Waals surface area contributed by atoms with E-state index in [2.05, 4.69) is 17.1 Å². The summed E-state index contributed by atoms with van der Waals surface area (Å²) in [4.78, 5) is 2.20. The Balaban J connectivity index is 0.00000200. The number of aryl methyl sites for hydroxylation is 1. The molecular formula is C15H23ClF2N2. The molecule has 5 heteroatoms. The van der Waals surface area contributed by atoms with Gasteiger partial charge in [-0.15, -0.1) is 12.4 Å². The number of piperazine rings is 1. The van der Waals surface area contributed by atoms with E-state index in [0.29, 0.717) is 5.56 Å². The smallest absolute Gasteiger partial charge is 0.133 e. The first-order valence-corrected chi connectivity index (χ1v) is 7.04. The zero-order valence-electron chi connectivity index (χ0n) is 12.1. The Bertz CT molecular complexity index is 434. The molecule has 1 saturated heterocycles. The van der Waals surface area contributed by atoms with E-state index >= 15 is 0 Å². The van der Waals surface area contributed by atoms with E-state index in [-0.39, 0.29) is 29.8 Å². The second kappa shape index (κ2) is 7.91. The van der Waals surface area contributed by atoms with Crippen molar-refractivity contribution in [2.45, 2.75) is 32.7 Å². The predicted octanol–water partition coefficient (Wildman–Crippen LogP) is 3.44. The van der Waals surface area contributed by atoms with Gasteiger partial charge in [0.05, 0.1) is 0 Å². The maximum absolute atomic E-state index is 14.3. The molecule has 1 aliphatic heterocycles. The second-order valence-electron chi connectivity index (χ2n) is 5.18. The van der Waals surface area contributed by atoms with E-state index < -0.39 is 5.82 Å². The molecule has 1 heterocycles. The van der Waals surface area contributed by atoms with E-state index in [1.807, 2.05) is 0 Å². The highest BCUT2D eigenvalue weighted by atomic mass is 35.5. The van der Waals surface area contributed by atoms with Crippen molar-refractivity contribution < 1.29 is 8.78 Å². The predicted molar refractivity (Wildman–Crippen MR) is 80.4 cm³/mol. The minimum Gasteiger partial charge on any atom is -0.314 e. The first kappa shape index (κ1) is 17.3. The first-order valence-electron chi connectivity index (χ1n) is 7.04. The van der Waals surface area contributed by atoms with Crippen LogP contribution in [0.15, 0.2) is 12.1 Å². The Hall–Kier alpha value is -0.710. The van der Waals surface area contributed by atoms with Gasteiger partial charge < -0.3 is 5.32 Å². The molecule has 1 N–H and O–H groups in total. The van der Waals surface area contributed by atoms with Gasteiger partial charge in [0.15, 0.2) is 0 Å². The van der Waals surface area contributed by atoms with Crippen LogP contribution in [-0.2, 0) is 0 Å². The average Bonchev–Trinajstić information content (AvgIpc) is 2.43. The third-order valence-electron chi connectivity index (χ3n) is 3.81. The van der Waals surface area contributed by atoms with Crippen molar-refractivity contribution in [3.8, 4) is 0 Å².